The molecule has 0 aliphatic heterocycles. The second kappa shape index (κ2) is 8.10. The van der Waals surface area contributed by atoms with Crippen LogP contribution < -0.4 is 10.5 Å². The number of rotatable bonds is 6. The van der Waals surface area contributed by atoms with Gasteiger partial charge in [0, 0.05) is 24.2 Å². The molecule has 0 aliphatic rings. The molecule has 0 unspecified atom stereocenters. The number of nitrogens with zero attached hydrogens (tertiary/aromatic N) is 3. The van der Waals surface area contributed by atoms with Crippen LogP contribution in [-0.4, -0.2) is 27.8 Å². The van der Waals surface area contributed by atoms with E-state index in [2.05, 4.69) is 11.6 Å². The number of para-hydroxylation sites is 1. The van der Waals surface area contributed by atoms with Crippen molar-refractivity contribution in [3.05, 3.63) is 63.8 Å². The minimum atomic E-state index is -0.0668. The first-order valence-corrected chi connectivity index (χ1v) is 10.3. The highest BCUT2D eigenvalue weighted by molar-refractivity contribution is 7.99. The van der Waals surface area contributed by atoms with Gasteiger partial charge in [0.2, 0.25) is 5.91 Å². The summed E-state index contributed by atoms with van der Waals surface area (Å²) in [5.41, 5.74) is 1.74. The van der Waals surface area contributed by atoms with Gasteiger partial charge in [-0.1, -0.05) is 36.0 Å². The van der Waals surface area contributed by atoms with Crippen molar-refractivity contribution in [2.45, 2.75) is 19.0 Å². The minimum absolute atomic E-state index is 0.0565. The van der Waals surface area contributed by atoms with Gasteiger partial charge in [-0.25, -0.2) is 4.98 Å². The number of aromatic nitrogens is 2. The van der Waals surface area contributed by atoms with E-state index in [1.165, 1.54) is 27.7 Å². The van der Waals surface area contributed by atoms with Gasteiger partial charge < -0.3 is 4.90 Å². The van der Waals surface area contributed by atoms with Crippen LogP contribution in [0.25, 0.3) is 10.2 Å². The topological polar surface area (TPSA) is 55.2 Å². The molecule has 5 nitrogen and oxygen atoms in total. The Kier molecular flexibility index (Phi) is 5.82. The molecule has 0 radical (unpaired) electrons. The highest BCUT2D eigenvalue weighted by Gasteiger charge is 2.18. The lowest BCUT2D eigenvalue weighted by atomic mass is 10.2. The van der Waals surface area contributed by atoms with E-state index >= 15 is 0 Å². The third kappa shape index (κ3) is 3.84. The van der Waals surface area contributed by atoms with Gasteiger partial charge in [-0.3, -0.25) is 14.2 Å². The van der Waals surface area contributed by atoms with Crippen molar-refractivity contribution < 1.29 is 4.79 Å². The summed E-state index contributed by atoms with van der Waals surface area (Å²) in [7, 11) is 1.70. The van der Waals surface area contributed by atoms with Gasteiger partial charge in [0.25, 0.3) is 5.56 Å². The van der Waals surface area contributed by atoms with Gasteiger partial charge in [0.15, 0.2) is 5.16 Å². The highest BCUT2D eigenvalue weighted by Crippen LogP contribution is 2.28. The zero-order valence-corrected chi connectivity index (χ0v) is 17.2. The fraction of sp³-hybridized carbons (Fsp3) is 0.250. The number of carbonyl (C=O) groups excluding carboxylic acids is 1. The molecule has 27 heavy (non-hydrogen) atoms. The zero-order chi connectivity index (χ0) is 19.6. The number of thioether (sulfide) groups is 1. The maximum atomic E-state index is 12.8. The van der Waals surface area contributed by atoms with Crippen LogP contribution >= 0.6 is 23.1 Å². The average Bonchev–Trinajstić information content (AvgIpc) is 2.96. The molecule has 7 heteroatoms. The molecule has 0 fully saturated rings. The van der Waals surface area contributed by atoms with Crippen LogP contribution in [0.2, 0.25) is 0 Å². The molecule has 2 aromatic heterocycles. The fourth-order valence-electron chi connectivity index (χ4n) is 2.78. The van der Waals surface area contributed by atoms with Crippen LogP contribution in [-0.2, 0) is 11.8 Å². The molecular formula is C20H21N3O2S2. The van der Waals surface area contributed by atoms with E-state index in [-0.39, 0.29) is 17.2 Å². The summed E-state index contributed by atoms with van der Waals surface area (Å²) in [6.07, 6.45) is 1.70. The Balaban J connectivity index is 1.85. The monoisotopic (exact) mass is 399 g/mol. The lowest BCUT2D eigenvalue weighted by Gasteiger charge is -2.21. The maximum Gasteiger partial charge on any atom is 0.262 e. The molecule has 3 rings (SSSR count). The Morgan fingerprint density at radius 1 is 1.33 bits per heavy atom. The highest BCUT2D eigenvalue weighted by atomic mass is 32.2. The van der Waals surface area contributed by atoms with Crippen LogP contribution in [0.1, 0.15) is 10.4 Å². The predicted molar refractivity (Wildman–Crippen MR) is 114 cm³/mol. The SMILES string of the molecule is C=CCN(C(=O)CSc1nc2sc(C)c(C)c2c(=O)n1C)c1ccccc1. The number of benzene rings is 1. The van der Waals surface area contributed by atoms with Gasteiger partial charge in [-0.05, 0) is 31.5 Å². The molecule has 0 spiro atoms. The normalized spacial score (nSPS) is 10.9. The van der Waals surface area contributed by atoms with E-state index in [0.29, 0.717) is 17.1 Å². The van der Waals surface area contributed by atoms with E-state index in [1.807, 2.05) is 44.2 Å². The van der Waals surface area contributed by atoms with Crippen LogP contribution in [0.4, 0.5) is 5.69 Å². The number of amides is 1. The van der Waals surface area contributed by atoms with Gasteiger partial charge in [0.05, 0.1) is 11.1 Å². The molecule has 0 aliphatic carbocycles. The molecule has 0 atom stereocenters. The number of hydrogen-bond acceptors (Lipinski definition) is 5. The molecule has 1 aromatic carbocycles. The van der Waals surface area contributed by atoms with Gasteiger partial charge in [-0.15, -0.1) is 17.9 Å². The van der Waals surface area contributed by atoms with Gasteiger partial charge in [-0.2, -0.15) is 0 Å². The van der Waals surface area contributed by atoms with Crippen molar-refractivity contribution in [2.24, 2.45) is 7.05 Å². The quantitative estimate of drug-likeness (QED) is 0.358. The summed E-state index contributed by atoms with van der Waals surface area (Å²) in [6, 6.07) is 9.49. The molecule has 0 N–H and O–H groups in total. The number of anilines is 1. The van der Waals surface area contributed by atoms with E-state index in [9.17, 15) is 9.59 Å². The second-order valence-corrected chi connectivity index (χ2v) is 8.28. The Morgan fingerprint density at radius 2 is 2.04 bits per heavy atom. The summed E-state index contributed by atoms with van der Waals surface area (Å²) in [5, 5.41) is 1.22. The largest absolute Gasteiger partial charge is 0.308 e. The molecule has 1 amide bonds. The Morgan fingerprint density at radius 3 is 2.70 bits per heavy atom. The molecule has 0 bridgehead atoms. The molecule has 0 saturated heterocycles. The van der Waals surface area contributed by atoms with E-state index in [1.54, 1.807) is 18.0 Å². The van der Waals surface area contributed by atoms with Crippen molar-refractivity contribution in [2.75, 3.05) is 17.2 Å². The summed E-state index contributed by atoms with van der Waals surface area (Å²) in [4.78, 5) is 33.6. The van der Waals surface area contributed by atoms with Gasteiger partial charge >= 0.3 is 0 Å². The summed E-state index contributed by atoms with van der Waals surface area (Å²) in [5.74, 6) is 0.136. The summed E-state index contributed by atoms with van der Waals surface area (Å²) in [6.45, 7) is 8.10. The standard InChI is InChI=1S/C20H21N3O2S2/c1-5-11-23(15-9-7-6-8-10-15)16(24)12-26-20-21-18-17(19(25)22(20)4)13(2)14(3)27-18/h5-10H,1,11-12H2,2-4H3. The maximum absolute atomic E-state index is 12.8. The predicted octanol–water partition coefficient (Wildman–Crippen LogP) is 3.92. The van der Waals surface area contributed by atoms with E-state index in [4.69, 9.17) is 0 Å². The lowest BCUT2D eigenvalue weighted by Crippen LogP contribution is -2.32. The van der Waals surface area contributed by atoms with Crippen molar-refractivity contribution in [1.29, 1.82) is 0 Å². The summed E-state index contributed by atoms with van der Waals surface area (Å²) < 4.78 is 1.53. The number of hydrogen-bond donors (Lipinski definition) is 0. The molecule has 3 aromatic rings. The Labute approximate surface area is 166 Å². The summed E-state index contributed by atoms with van der Waals surface area (Å²) >= 11 is 2.80. The fourth-order valence-corrected chi connectivity index (χ4v) is 4.70. The van der Waals surface area contributed by atoms with E-state index < -0.39 is 0 Å². The third-order valence-corrected chi connectivity index (χ3v) is 6.49. The van der Waals surface area contributed by atoms with Crippen LogP contribution in [0.5, 0.6) is 0 Å². The van der Waals surface area contributed by atoms with Crippen LogP contribution in [0, 0.1) is 13.8 Å². The van der Waals surface area contributed by atoms with Crippen molar-refractivity contribution >= 4 is 44.9 Å². The molecule has 2 heterocycles. The van der Waals surface area contributed by atoms with E-state index in [0.717, 1.165) is 21.0 Å². The first-order chi connectivity index (χ1) is 12.9. The molecule has 140 valence electrons. The van der Waals surface area contributed by atoms with Crippen molar-refractivity contribution in [1.82, 2.24) is 9.55 Å². The minimum Gasteiger partial charge on any atom is -0.308 e. The zero-order valence-electron chi connectivity index (χ0n) is 15.6. The number of carbonyl (C=O) groups is 1. The molecular weight excluding hydrogens is 378 g/mol. The lowest BCUT2D eigenvalue weighted by molar-refractivity contribution is -0.116. The Bertz CT molecular complexity index is 1050. The van der Waals surface area contributed by atoms with Crippen molar-refractivity contribution in [3.63, 3.8) is 0 Å². The number of thiophene rings is 1. The second-order valence-electron chi connectivity index (χ2n) is 6.14. The van der Waals surface area contributed by atoms with Crippen LogP contribution in [0.3, 0.4) is 0 Å². The smallest absolute Gasteiger partial charge is 0.262 e. The molecule has 0 saturated carbocycles. The number of fused-ring (bicyclic) bond motifs is 1. The Hall–Kier alpha value is -2.38. The average molecular weight is 400 g/mol. The van der Waals surface area contributed by atoms with Crippen molar-refractivity contribution in [3.8, 4) is 0 Å². The van der Waals surface area contributed by atoms with Crippen LogP contribution in [0.15, 0.2) is 52.9 Å². The first-order valence-electron chi connectivity index (χ1n) is 8.50. The number of aryl methyl sites for hydroxylation is 2. The third-order valence-electron chi connectivity index (χ3n) is 4.37. The first kappa shape index (κ1) is 19.4. The van der Waals surface area contributed by atoms with Gasteiger partial charge in [0.1, 0.15) is 4.83 Å².